The van der Waals surface area contributed by atoms with Gasteiger partial charge < -0.3 is 15.8 Å². The highest BCUT2D eigenvalue weighted by molar-refractivity contribution is 6.31. The molecule has 1 amide bonds. The number of hydrogen-bond acceptors (Lipinski definition) is 4. The van der Waals surface area contributed by atoms with Gasteiger partial charge in [-0.05, 0) is 42.8 Å². The molecule has 3 N–H and O–H groups in total. The maximum absolute atomic E-state index is 11.9. The van der Waals surface area contributed by atoms with Crippen molar-refractivity contribution in [3.63, 3.8) is 0 Å². The average Bonchev–Trinajstić information content (AvgIpc) is 2.53. The van der Waals surface area contributed by atoms with Crippen molar-refractivity contribution >= 4 is 29.2 Å². The quantitative estimate of drug-likeness (QED) is 0.651. The van der Waals surface area contributed by atoms with Crippen molar-refractivity contribution in [1.82, 2.24) is 5.32 Å². The van der Waals surface area contributed by atoms with Crippen molar-refractivity contribution in [3.8, 4) is 0 Å². The summed E-state index contributed by atoms with van der Waals surface area (Å²) in [6.45, 7) is 1.44. The van der Waals surface area contributed by atoms with Crippen LogP contribution in [0.4, 0.5) is 5.69 Å². The summed E-state index contributed by atoms with van der Waals surface area (Å²) in [5.41, 5.74) is 7.23. The van der Waals surface area contributed by atoms with Crippen molar-refractivity contribution in [1.29, 1.82) is 0 Å². The highest BCUT2D eigenvalue weighted by atomic mass is 35.5. The number of nitrogens with two attached hydrogens (primary N) is 1. The topological polar surface area (TPSA) is 81.4 Å². The Morgan fingerprint density at radius 2 is 1.83 bits per heavy atom. The van der Waals surface area contributed by atoms with Gasteiger partial charge in [-0.15, -0.1) is 0 Å². The first-order chi connectivity index (χ1) is 11.0. The maximum Gasteiger partial charge on any atom is 0.338 e. The fraction of sp³-hybridized carbons (Fsp3) is 0.176. The number of ether oxygens (including phenoxy) is 1. The number of nitrogen functional groups attached to an aromatic ring is 1. The van der Waals surface area contributed by atoms with Gasteiger partial charge in [0.2, 0.25) is 0 Å². The molecule has 0 aliphatic rings. The number of amides is 1. The molecule has 120 valence electrons. The minimum atomic E-state index is -0.578. The van der Waals surface area contributed by atoms with Gasteiger partial charge >= 0.3 is 5.97 Å². The largest absolute Gasteiger partial charge is 0.452 e. The molecule has 23 heavy (non-hydrogen) atoms. The summed E-state index contributed by atoms with van der Waals surface area (Å²) in [7, 11) is 0. The van der Waals surface area contributed by atoms with E-state index in [1.54, 1.807) is 37.3 Å². The molecule has 0 aliphatic heterocycles. The van der Waals surface area contributed by atoms with Crippen LogP contribution in [0.25, 0.3) is 0 Å². The molecule has 6 heteroatoms. The van der Waals surface area contributed by atoms with E-state index in [4.69, 9.17) is 22.1 Å². The lowest BCUT2D eigenvalue weighted by molar-refractivity contribution is -0.124. The second-order valence-electron chi connectivity index (χ2n) is 5.01. The van der Waals surface area contributed by atoms with E-state index >= 15 is 0 Å². The van der Waals surface area contributed by atoms with Gasteiger partial charge in [-0.25, -0.2) is 4.79 Å². The standard InChI is InChI=1S/C17H17ClN2O3/c1-11(14-4-2-3-5-15(14)18)20-16(21)10-23-17(22)12-6-8-13(19)9-7-12/h2-9,11H,10,19H2,1H3,(H,20,21)/t11-/m1/s1. The number of hydrogen-bond donors (Lipinski definition) is 2. The zero-order valence-electron chi connectivity index (χ0n) is 12.6. The third kappa shape index (κ3) is 4.72. The lowest BCUT2D eigenvalue weighted by atomic mass is 10.1. The van der Waals surface area contributed by atoms with Crippen molar-refractivity contribution in [2.45, 2.75) is 13.0 Å². The first-order valence-electron chi connectivity index (χ1n) is 7.04. The van der Waals surface area contributed by atoms with Crippen LogP contribution in [0.3, 0.4) is 0 Å². The molecule has 2 aromatic rings. The molecule has 0 saturated carbocycles. The molecular weight excluding hydrogens is 316 g/mol. The SMILES string of the molecule is C[C@@H](NC(=O)COC(=O)c1ccc(N)cc1)c1ccccc1Cl. The number of esters is 1. The van der Waals surface area contributed by atoms with Crippen molar-refractivity contribution in [3.05, 3.63) is 64.7 Å². The van der Waals surface area contributed by atoms with Crippen molar-refractivity contribution < 1.29 is 14.3 Å². The van der Waals surface area contributed by atoms with Gasteiger partial charge in [-0.2, -0.15) is 0 Å². The van der Waals surface area contributed by atoms with E-state index in [0.29, 0.717) is 16.3 Å². The normalized spacial score (nSPS) is 11.6. The Morgan fingerprint density at radius 1 is 1.17 bits per heavy atom. The first kappa shape index (κ1) is 16.8. The molecule has 0 fully saturated rings. The van der Waals surface area contributed by atoms with E-state index in [1.165, 1.54) is 0 Å². The number of anilines is 1. The maximum atomic E-state index is 11.9. The summed E-state index contributed by atoms with van der Waals surface area (Å²) in [4.78, 5) is 23.7. The Morgan fingerprint density at radius 3 is 2.48 bits per heavy atom. The number of halogens is 1. The molecular formula is C17H17ClN2O3. The average molecular weight is 333 g/mol. The second-order valence-corrected chi connectivity index (χ2v) is 5.42. The van der Waals surface area contributed by atoms with Crippen LogP contribution in [0.2, 0.25) is 5.02 Å². The smallest absolute Gasteiger partial charge is 0.338 e. The fourth-order valence-electron chi connectivity index (χ4n) is 2.02. The number of carbonyl (C=O) groups excluding carboxylic acids is 2. The predicted octanol–water partition coefficient (Wildman–Crippen LogP) is 2.96. The monoisotopic (exact) mass is 332 g/mol. The molecule has 0 spiro atoms. The van der Waals surface area contributed by atoms with Crippen LogP contribution in [0.1, 0.15) is 28.9 Å². The molecule has 0 aromatic heterocycles. The van der Waals surface area contributed by atoms with E-state index in [2.05, 4.69) is 5.32 Å². The van der Waals surface area contributed by atoms with Gasteiger partial charge in [-0.3, -0.25) is 4.79 Å². The molecule has 0 heterocycles. The van der Waals surface area contributed by atoms with Crippen molar-refractivity contribution in [2.75, 3.05) is 12.3 Å². The molecule has 0 bridgehead atoms. The second kappa shape index (κ2) is 7.65. The summed E-state index contributed by atoms with van der Waals surface area (Å²) in [5, 5.41) is 3.30. The predicted molar refractivity (Wildman–Crippen MR) is 89.1 cm³/mol. The molecule has 5 nitrogen and oxygen atoms in total. The summed E-state index contributed by atoms with van der Waals surface area (Å²) < 4.78 is 4.97. The molecule has 0 saturated heterocycles. The van der Waals surface area contributed by atoms with E-state index in [0.717, 1.165) is 5.56 Å². The number of rotatable bonds is 5. The van der Waals surface area contributed by atoms with Crippen LogP contribution in [-0.4, -0.2) is 18.5 Å². The highest BCUT2D eigenvalue weighted by Crippen LogP contribution is 2.21. The number of benzene rings is 2. The minimum Gasteiger partial charge on any atom is -0.452 e. The fourth-order valence-corrected chi connectivity index (χ4v) is 2.32. The van der Waals surface area contributed by atoms with Gasteiger partial charge in [0.25, 0.3) is 5.91 Å². The molecule has 0 aliphatic carbocycles. The molecule has 2 rings (SSSR count). The Hall–Kier alpha value is -2.53. The lowest BCUT2D eigenvalue weighted by Gasteiger charge is -2.15. The first-order valence-corrected chi connectivity index (χ1v) is 7.41. The zero-order valence-corrected chi connectivity index (χ0v) is 13.3. The van der Waals surface area contributed by atoms with E-state index in [1.807, 2.05) is 18.2 Å². The van der Waals surface area contributed by atoms with Crippen molar-refractivity contribution in [2.24, 2.45) is 0 Å². The van der Waals surface area contributed by atoms with E-state index in [9.17, 15) is 9.59 Å². The van der Waals surface area contributed by atoms with Gasteiger partial charge in [-0.1, -0.05) is 29.8 Å². The lowest BCUT2D eigenvalue weighted by Crippen LogP contribution is -2.31. The van der Waals surface area contributed by atoms with Crippen LogP contribution >= 0.6 is 11.6 Å². The van der Waals surface area contributed by atoms with E-state index < -0.39 is 11.9 Å². The van der Waals surface area contributed by atoms with Crippen LogP contribution in [0.15, 0.2) is 48.5 Å². The molecule has 0 radical (unpaired) electrons. The summed E-state index contributed by atoms with van der Waals surface area (Å²) >= 11 is 6.08. The van der Waals surface area contributed by atoms with Crippen LogP contribution in [0.5, 0.6) is 0 Å². The highest BCUT2D eigenvalue weighted by Gasteiger charge is 2.14. The summed E-state index contributed by atoms with van der Waals surface area (Å²) in [5.74, 6) is -0.980. The van der Waals surface area contributed by atoms with Gasteiger partial charge in [0.05, 0.1) is 11.6 Å². The van der Waals surface area contributed by atoms with Gasteiger partial charge in [0.15, 0.2) is 6.61 Å². The Bertz CT molecular complexity index is 701. The van der Waals surface area contributed by atoms with Gasteiger partial charge in [0.1, 0.15) is 0 Å². The van der Waals surface area contributed by atoms with Crippen LogP contribution < -0.4 is 11.1 Å². The van der Waals surface area contributed by atoms with Crippen LogP contribution in [0, 0.1) is 0 Å². The third-order valence-corrected chi connectivity index (χ3v) is 3.57. The number of carbonyl (C=O) groups is 2. The molecule has 1 atom stereocenters. The molecule has 2 aromatic carbocycles. The Kier molecular flexibility index (Phi) is 5.60. The van der Waals surface area contributed by atoms with Gasteiger partial charge in [0, 0.05) is 10.7 Å². The number of nitrogens with one attached hydrogen (secondary N) is 1. The van der Waals surface area contributed by atoms with E-state index in [-0.39, 0.29) is 12.6 Å². The minimum absolute atomic E-state index is 0.286. The Labute approximate surface area is 139 Å². The third-order valence-electron chi connectivity index (χ3n) is 3.23. The van der Waals surface area contributed by atoms with Crippen LogP contribution in [-0.2, 0) is 9.53 Å². The summed E-state index contributed by atoms with van der Waals surface area (Å²) in [6.07, 6.45) is 0. The zero-order chi connectivity index (χ0) is 16.8. The molecule has 0 unspecified atom stereocenters. The Balaban J connectivity index is 1.86. The summed E-state index contributed by atoms with van der Waals surface area (Å²) in [6, 6.07) is 13.2.